The Morgan fingerprint density at radius 1 is 1.30 bits per heavy atom. The average Bonchev–Trinajstić information content (AvgIpc) is 2.84. The van der Waals surface area contributed by atoms with E-state index < -0.39 is 6.61 Å². The van der Waals surface area contributed by atoms with Crippen molar-refractivity contribution < 1.29 is 23.0 Å². The molecule has 0 aliphatic rings. The van der Waals surface area contributed by atoms with Gasteiger partial charge in [-0.15, -0.1) is 11.3 Å². The van der Waals surface area contributed by atoms with Crippen molar-refractivity contribution in [2.45, 2.75) is 20.5 Å². The normalized spacial score (nSPS) is 11.2. The second-order valence-electron chi connectivity index (χ2n) is 4.78. The molecule has 1 heterocycles. The van der Waals surface area contributed by atoms with E-state index in [2.05, 4.69) is 4.74 Å². The van der Waals surface area contributed by atoms with E-state index in [1.54, 1.807) is 12.1 Å². The minimum Gasteiger partial charge on any atom is -0.493 e. The van der Waals surface area contributed by atoms with Gasteiger partial charge in [-0.1, -0.05) is 12.1 Å². The molecule has 0 saturated carbocycles. The third-order valence-corrected chi connectivity index (χ3v) is 4.12. The number of hydrogen-bond acceptors (Lipinski definition) is 4. The van der Waals surface area contributed by atoms with Crippen LogP contribution >= 0.6 is 11.3 Å². The quantitative estimate of drug-likeness (QED) is 0.557. The van der Waals surface area contributed by atoms with Gasteiger partial charge in [-0.25, -0.2) is 0 Å². The summed E-state index contributed by atoms with van der Waals surface area (Å²) in [7, 11) is 1.36. The van der Waals surface area contributed by atoms with Crippen molar-refractivity contribution in [3.8, 4) is 11.5 Å². The summed E-state index contributed by atoms with van der Waals surface area (Å²) in [6, 6.07) is 6.55. The maximum atomic E-state index is 12.6. The average molecular weight is 338 g/mol. The van der Waals surface area contributed by atoms with Crippen molar-refractivity contribution in [2.75, 3.05) is 7.11 Å². The number of thiophene rings is 1. The highest BCUT2D eigenvalue weighted by Gasteiger charge is 2.14. The first kappa shape index (κ1) is 17.1. The Bertz CT molecular complexity index is 735. The lowest BCUT2D eigenvalue weighted by molar-refractivity contribution is -0.0513. The zero-order valence-electron chi connectivity index (χ0n) is 12.9. The van der Waals surface area contributed by atoms with Gasteiger partial charge in [0.05, 0.1) is 7.11 Å². The van der Waals surface area contributed by atoms with Gasteiger partial charge in [0, 0.05) is 20.9 Å². The second kappa shape index (κ2) is 7.37. The minimum atomic E-state index is -2.98. The van der Waals surface area contributed by atoms with Gasteiger partial charge in [0.15, 0.2) is 17.3 Å². The third kappa shape index (κ3) is 4.16. The van der Waals surface area contributed by atoms with Crippen LogP contribution in [0.25, 0.3) is 6.08 Å². The zero-order chi connectivity index (χ0) is 17.0. The van der Waals surface area contributed by atoms with Crippen LogP contribution in [0.2, 0.25) is 0 Å². The molecule has 1 aromatic heterocycles. The maximum absolute atomic E-state index is 12.6. The second-order valence-corrected chi connectivity index (χ2v) is 6.24. The highest BCUT2D eigenvalue weighted by atomic mass is 32.1. The SMILES string of the molecule is COc1cccc(/C=C/C(=O)c2cc(C)sc2C)c1OC(F)F. The van der Waals surface area contributed by atoms with Crippen LogP contribution in [-0.2, 0) is 0 Å². The Morgan fingerprint density at radius 3 is 2.61 bits per heavy atom. The van der Waals surface area contributed by atoms with Crippen LogP contribution in [0.1, 0.15) is 25.7 Å². The lowest BCUT2D eigenvalue weighted by Gasteiger charge is -2.12. The fourth-order valence-electron chi connectivity index (χ4n) is 2.17. The van der Waals surface area contributed by atoms with Crippen molar-refractivity contribution in [1.82, 2.24) is 0 Å². The number of benzene rings is 1. The monoisotopic (exact) mass is 338 g/mol. The van der Waals surface area contributed by atoms with E-state index in [4.69, 9.17) is 4.74 Å². The molecule has 0 aliphatic carbocycles. The van der Waals surface area contributed by atoms with Gasteiger partial charge in [-0.2, -0.15) is 8.78 Å². The van der Waals surface area contributed by atoms with Crippen LogP contribution in [0.4, 0.5) is 8.78 Å². The van der Waals surface area contributed by atoms with E-state index in [0.29, 0.717) is 11.1 Å². The van der Waals surface area contributed by atoms with Gasteiger partial charge in [0.25, 0.3) is 0 Å². The number of ketones is 1. The maximum Gasteiger partial charge on any atom is 0.387 e. The van der Waals surface area contributed by atoms with Gasteiger partial charge in [-0.05, 0) is 38.1 Å². The van der Waals surface area contributed by atoms with Gasteiger partial charge in [-0.3, -0.25) is 4.79 Å². The Kier molecular flexibility index (Phi) is 5.50. The first-order chi connectivity index (χ1) is 10.9. The number of halogens is 2. The zero-order valence-corrected chi connectivity index (χ0v) is 13.7. The lowest BCUT2D eigenvalue weighted by Crippen LogP contribution is -2.05. The van der Waals surface area contributed by atoms with Crippen LogP contribution in [0, 0.1) is 13.8 Å². The number of aryl methyl sites for hydroxylation is 2. The first-order valence-electron chi connectivity index (χ1n) is 6.83. The number of alkyl halides is 2. The van der Waals surface area contributed by atoms with E-state index in [9.17, 15) is 13.6 Å². The molecule has 23 heavy (non-hydrogen) atoms. The highest BCUT2D eigenvalue weighted by molar-refractivity contribution is 7.12. The van der Waals surface area contributed by atoms with Gasteiger partial charge >= 0.3 is 6.61 Å². The molecule has 0 fully saturated rings. The molecule has 1 aromatic carbocycles. The number of carbonyl (C=O) groups is 1. The van der Waals surface area contributed by atoms with Crippen LogP contribution in [0.15, 0.2) is 30.3 Å². The van der Waals surface area contributed by atoms with Crippen molar-refractivity contribution in [1.29, 1.82) is 0 Å². The summed E-state index contributed by atoms with van der Waals surface area (Å²) in [5.41, 5.74) is 0.963. The van der Waals surface area contributed by atoms with Crippen LogP contribution in [0.3, 0.4) is 0 Å². The lowest BCUT2D eigenvalue weighted by atomic mass is 10.1. The minimum absolute atomic E-state index is 0.0905. The van der Waals surface area contributed by atoms with Crippen LogP contribution in [-0.4, -0.2) is 19.5 Å². The number of ether oxygens (including phenoxy) is 2. The summed E-state index contributed by atoms with van der Waals surface area (Å²) in [6.07, 6.45) is 2.80. The summed E-state index contributed by atoms with van der Waals surface area (Å²) < 4.78 is 34.7. The molecule has 122 valence electrons. The molecular weight excluding hydrogens is 322 g/mol. The molecule has 0 amide bonds. The Morgan fingerprint density at radius 2 is 2.04 bits per heavy atom. The molecule has 0 bridgehead atoms. The molecule has 3 nitrogen and oxygen atoms in total. The molecule has 2 rings (SSSR count). The van der Waals surface area contributed by atoms with Crippen LogP contribution < -0.4 is 9.47 Å². The topological polar surface area (TPSA) is 35.5 Å². The van der Waals surface area contributed by atoms with E-state index in [1.165, 1.54) is 36.7 Å². The Balaban J connectivity index is 2.31. The largest absolute Gasteiger partial charge is 0.493 e. The van der Waals surface area contributed by atoms with E-state index >= 15 is 0 Å². The number of hydrogen-bond donors (Lipinski definition) is 0. The molecular formula is C17H16F2O3S. The number of rotatable bonds is 6. The fourth-order valence-corrected chi connectivity index (χ4v) is 3.10. The van der Waals surface area contributed by atoms with Crippen LogP contribution in [0.5, 0.6) is 11.5 Å². The summed E-state index contributed by atoms with van der Waals surface area (Å²) in [5, 5.41) is 0. The summed E-state index contributed by atoms with van der Waals surface area (Å²) >= 11 is 1.54. The predicted molar refractivity (Wildman–Crippen MR) is 86.8 cm³/mol. The van der Waals surface area contributed by atoms with Gasteiger partial charge in [0.2, 0.25) is 0 Å². The standard InChI is InChI=1S/C17H16F2O3S/c1-10-9-13(11(2)23-10)14(20)8-7-12-5-4-6-15(21-3)16(12)22-17(18)19/h4-9,17H,1-3H3/b8-7+. The van der Waals surface area contributed by atoms with Crippen molar-refractivity contribution >= 4 is 23.2 Å². The first-order valence-corrected chi connectivity index (χ1v) is 7.65. The Hall–Kier alpha value is -2.21. The smallest absolute Gasteiger partial charge is 0.387 e. The molecule has 0 unspecified atom stereocenters. The number of methoxy groups -OCH3 is 1. The number of allylic oxidation sites excluding steroid dienone is 1. The Labute approximate surface area is 137 Å². The number of para-hydroxylation sites is 1. The van der Waals surface area contributed by atoms with Crippen molar-refractivity contribution in [3.63, 3.8) is 0 Å². The molecule has 0 spiro atoms. The molecule has 6 heteroatoms. The van der Waals surface area contributed by atoms with Crippen molar-refractivity contribution in [3.05, 3.63) is 51.2 Å². The summed E-state index contributed by atoms with van der Waals surface area (Å²) in [4.78, 5) is 14.2. The van der Waals surface area contributed by atoms with Gasteiger partial charge < -0.3 is 9.47 Å². The molecule has 0 saturated heterocycles. The predicted octanol–water partition coefficient (Wildman–Crippen LogP) is 4.87. The third-order valence-electron chi connectivity index (χ3n) is 3.16. The molecule has 0 aliphatic heterocycles. The number of carbonyl (C=O) groups excluding carboxylic acids is 1. The van der Waals surface area contributed by atoms with Gasteiger partial charge in [0.1, 0.15) is 0 Å². The fraction of sp³-hybridized carbons (Fsp3) is 0.235. The van der Waals surface area contributed by atoms with E-state index in [0.717, 1.165) is 9.75 Å². The highest BCUT2D eigenvalue weighted by Crippen LogP contribution is 2.33. The molecule has 0 radical (unpaired) electrons. The van der Waals surface area contributed by atoms with Crippen molar-refractivity contribution in [2.24, 2.45) is 0 Å². The van der Waals surface area contributed by atoms with E-state index in [-0.39, 0.29) is 17.3 Å². The molecule has 0 N–H and O–H groups in total. The molecule has 0 atom stereocenters. The molecule has 2 aromatic rings. The summed E-state index contributed by atoms with van der Waals surface area (Å²) in [5.74, 6) is -0.0904. The summed E-state index contributed by atoms with van der Waals surface area (Å²) in [6.45, 7) is 0.820. The van der Waals surface area contributed by atoms with E-state index in [1.807, 2.05) is 19.9 Å².